The highest BCUT2D eigenvalue weighted by molar-refractivity contribution is 4.92. The van der Waals surface area contributed by atoms with Crippen LogP contribution in [0.1, 0.15) is 13.3 Å². The average molecular weight is 171 g/mol. The van der Waals surface area contributed by atoms with Crippen LogP contribution in [-0.2, 0) is 0 Å². The van der Waals surface area contributed by atoms with E-state index in [4.69, 9.17) is 10.6 Å². The molecule has 5 nitrogen and oxygen atoms in total. The third-order valence-corrected chi connectivity index (χ3v) is 2.67. The highest BCUT2D eigenvalue weighted by Gasteiger charge is 2.38. The smallest absolute Gasteiger partial charge is 0.0597 e. The second-order valence-electron chi connectivity index (χ2n) is 3.28. The van der Waals surface area contributed by atoms with Crippen molar-refractivity contribution in [2.75, 3.05) is 6.61 Å². The zero-order chi connectivity index (χ0) is 9.14. The fourth-order valence-electron chi connectivity index (χ4n) is 1.78. The lowest BCUT2D eigenvalue weighted by Gasteiger charge is -2.16. The van der Waals surface area contributed by atoms with Crippen molar-refractivity contribution in [3.05, 3.63) is 10.4 Å². The van der Waals surface area contributed by atoms with Gasteiger partial charge in [0.25, 0.3) is 0 Å². The predicted octanol–water partition coefficient (Wildman–Crippen LogP) is 0.674. The van der Waals surface area contributed by atoms with E-state index in [0.717, 1.165) is 0 Å². The topological polar surface area (TPSA) is 89.2 Å². The minimum Gasteiger partial charge on any atom is -0.396 e. The number of hydrogen-bond donors (Lipinski definition) is 2. The monoisotopic (exact) mass is 171 g/mol. The summed E-state index contributed by atoms with van der Waals surface area (Å²) in [6, 6.07) is -0.165. The molecule has 1 fully saturated rings. The van der Waals surface area contributed by atoms with Crippen LogP contribution in [-0.4, -0.2) is 29.0 Å². The van der Waals surface area contributed by atoms with Crippen molar-refractivity contribution in [1.29, 1.82) is 0 Å². The zero-order valence-corrected chi connectivity index (χ0v) is 6.96. The van der Waals surface area contributed by atoms with Gasteiger partial charge in [0.1, 0.15) is 0 Å². The van der Waals surface area contributed by atoms with E-state index in [2.05, 4.69) is 10.0 Å². The molecule has 2 N–H and O–H groups in total. The van der Waals surface area contributed by atoms with Crippen LogP contribution in [0.15, 0.2) is 5.11 Å². The Bertz CT molecular complexity index is 203. The van der Waals surface area contributed by atoms with Gasteiger partial charge in [-0.05, 0) is 17.9 Å². The number of azide groups is 1. The van der Waals surface area contributed by atoms with Gasteiger partial charge in [-0.1, -0.05) is 12.0 Å². The van der Waals surface area contributed by atoms with Gasteiger partial charge in [-0.3, -0.25) is 0 Å². The molecule has 4 atom stereocenters. The summed E-state index contributed by atoms with van der Waals surface area (Å²) < 4.78 is 0. The molecule has 4 unspecified atom stereocenters. The van der Waals surface area contributed by atoms with Gasteiger partial charge >= 0.3 is 0 Å². The number of rotatable bonds is 2. The lowest BCUT2D eigenvalue weighted by Crippen LogP contribution is -2.22. The summed E-state index contributed by atoms with van der Waals surface area (Å²) >= 11 is 0. The summed E-state index contributed by atoms with van der Waals surface area (Å²) in [5.41, 5.74) is 8.20. The van der Waals surface area contributed by atoms with Gasteiger partial charge in [-0.15, -0.1) is 0 Å². The molecule has 1 rings (SSSR count). The number of aliphatic hydroxyl groups is 2. The number of hydrogen-bond acceptors (Lipinski definition) is 3. The van der Waals surface area contributed by atoms with Crippen LogP contribution in [0.25, 0.3) is 10.4 Å². The minimum absolute atomic E-state index is 0.0419. The maximum Gasteiger partial charge on any atom is 0.0597 e. The Balaban J connectivity index is 2.67. The van der Waals surface area contributed by atoms with Crippen molar-refractivity contribution in [3.8, 4) is 0 Å². The summed E-state index contributed by atoms with van der Waals surface area (Å²) in [6.45, 7) is 1.84. The Morgan fingerprint density at radius 2 is 2.33 bits per heavy atom. The molecule has 0 aliphatic heterocycles. The quantitative estimate of drug-likeness (QED) is 0.363. The molecule has 0 radical (unpaired) electrons. The number of nitrogens with zero attached hydrogens (tertiary/aromatic N) is 3. The molecule has 5 heteroatoms. The Morgan fingerprint density at radius 1 is 1.67 bits per heavy atom. The molecule has 12 heavy (non-hydrogen) atoms. The molecular formula is C7H13N3O2. The maximum atomic E-state index is 9.41. The molecule has 0 saturated heterocycles. The van der Waals surface area contributed by atoms with Crippen molar-refractivity contribution < 1.29 is 10.2 Å². The third kappa shape index (κ3) is 1.53. The highest BCUT2D eigenvalue weighted by Crippen LogP contribution is 2.33. The fraction of sp³-hybridized carbons (Fsp3) is 1.00. The van der Waals surface area contributed by atoms with Crippen LogP contribution < -0.4 is 0 Å². The van der Waals surface area contributed by atoms with E-state index in [1.54, 1.807) is 0 Å². The number of aliphatic hydroxyl groups excluding tert-OH is 2. The van der Waals surface area contributed by atoms with E-state index in [1.807, 2.05) is 6.92 Å². The lowest BCUT2D eigenvalue weighted by molar-refractivity contribution is 0.0754. The van der Waals surface area contributed by atoms with Gasteiger partial charge in [0.15, 0.2) is 0 Å². The van der Waals surface area contributed by atoms with E-state index >= 15 is 0 Å². The van der Waals surface area contributed by atoms with Crippen LogP contribution in [0.2, 0.25) is 0 Å². The largest absolute Gasteiger partial charge is 0.396 e. The molecule has 0 spiro atoms. The normalized spacial score (nSPS) is 40.9. The van der Waals surface area contributed by atoms with Crippen LogP contribution in [0, 0.1) is 11.8 Å². The standard InChI is InChI=1S/C7H13N3O2/c1-4-5(3-11)7(12)2-6(4)9-10-8/h4-7,11-12H,2-3H2,1H3. The van der Waals surface area contributed by atoms with Crippen molar-refractivity contribution in [3.63, 3.8) is 0 Å². The van der Waals surface area contributed by atoms with Crippen molar-refractivity contribution in [2.45, 2.75) is 25.5 Å². The van der Waals surface area contributed by atoms with Crippen LogP contribution in [0.5, 0.6) is 0 Å². The first-order chi connectivity index (χ1) is 5.70. The van der Waals surface area contributed by atoms with Gasteiger partial charge in [-0.25, -0.2) is 0 Å². The first-order valence-electron chi connectivity index (χ1n) is 4.03. The summed E-state index contributed by atoms with van der Waals surface area (Å²) in [4.78, 5) is 2.70. The Hall–Kier alpha value is -0.770. The molecule has 0 amide bonds. The average Bonchev–Trinajstić information content (AvgIpc) is 2.29. The van der Waals surface area contributed by atoms with Gasteiger partial charge in [-0.2, -0.15) is 0 Å². The lowest BCUT2D eigenvalue weighted by atomic mass is 9.96. The minimum atomic E-state index is -0.527. The van der Waals surface area contributed by atoms with Gasteiger partial charge in [0.05, 0.1) is 6.10 Å². The van der Waals surface area contributed by atoms with E-state index in [1.165, 1.54) is 0 Å². The summed E-state index contributed by atoms with van der Waals surface area (Å²) in [7, 11) is 0. The van der Waals surface area contributed by atoms with Crippen LogP contribution in [0.3, 0.4) is 0 Å². The molecule has 1 saturated carbocycles. The predicted molar refractivity (Wildman–Crippen MR) is 43.3 cm³/mol. The molecule has 0 aromatic heterocycles. The fourth-order valence-corrected chi connectivity index (χ4v) is 1.78. The summed E-state index contributed by atoms with van der Waals surface area (Å²) in [5.74, 6) is -0.0681. The second kappa shape index (κ2) is 3.76. The van der Waals surface area contributed by atoms with Gasteiger partial charge < -0.3 is 10.2 Å². The van der Waals surface area contributed by atoms with Gasteiger partial charge in [0.2, 0.25) is 0 Å². The SMILES string of the molecule is CC1C(N=[N+]=[N-])CC(O)C1CO. The first-order valence-corrected chi connectivity index (χ1v) is 4.03. The zero-order valence-electron chi connectivity index (χ0n) is 6.96. The van der Waals surface area contributed by atoms with E-state index in [-0.39, 0.29) is 24.5 Å². The Kier molecular flexibility index (Phi) is 2.92. The molecule has 0 aromatic rings. The summed E-state index contributed by atoms with van der Waals surface area (Å²) in [6.07, 6.45) is -0.0586. The molecule has 1 aliphatic rings. The van der Waals surface area contributed by atoms with Crippen molar-refractivity contribution >= 4 is 0 Å². The molecular weight excluding hydrogens is 158 g/mol. The summed E-state index contributed by atoms with van der Waals surface area (Å²) in [5, 5.41) is 21.9. The maximum absolute atomic E-state index is 9.41. The van der Waals surface area contributed by atoms with E-state index in [0.29, 0.717) is 6.42 Å². The molecule has 68 valence electrons. The van der Waals surface area contributed by atoms with E-state index < -0.39 is 6.10 Å². The van der Waals surface area contributed by atoms with Crippen LogP contribution >= 0.6 is 0 Å². The Labute approximate surface area is 70.6 Å². The first kappa shape index (κ1) is 9.32. The molecule has 0 bridgehead atoms. The highest BCUT2D eigenvalue weighted by atomic mass is 16.3. The van der Waals surface area contributed by atoms with E-state index in [9.17, 15) is 5.11 Å². The van der Waals surface area contributed by atoms with Crippen molar-refractivity contribution in [2.24, 2.45) is 17.0 Å². The molecule has 0 aromatic carbocycles. The van der Waals surface area contributed by atoms with Crippen LogP contribution in [0.4, 0.5) is 0 Å². The molecule has 0 heterocycles. The van der Waals surface area contributed by atoms with Gasteiger partial charge in [0, 0.05) is 23.5 Å². The third-order valence-electron chi connectivity index (χ3n) is 2.67. The molecule has 1 aliphatic carbocycles. The Morgan fingerprint density at radius 3 is 2.75 bits per heavy atom. The van der Waals surface area contributed by atoms with Crippen molar-refractivity contribution in [1.82, 2.24) is 0 Å². The second-order valence-corrected chi connectivity index (χ2v) is 3.28.